The third-order valence-electron chi connectivity index (χ3n) is 6.03. The van der Waals surface area contributed by atoms with Gasteiger partial charge in [0, 0.05) is 49.2 Å². The van der Waals surface area contributed by atoms with Crippen LogP contribution < -0.4 is 0 Å². The van der Waals surface area contributed by atoms with Gasteiger partial charge in [0.25, 0.3) is 5.91 Å². The zero-order valence-corrected chi connectivity index (χ0v) is 16.0. The Kier molecular flexibility index (Phi) is 4.47. The van der Waals surface area contributed by atoms with Gasteiger partial charge >= 0.3 is 0 Å². The van der Waals surface area contributed by atoms with Crippen LogP contribution in [-0.4, -0.2) is 43.6 Å². The van der Waals surface area contributed by atoms with Crippen molar-refractivity contribution in [3.63, 3.8) is 0 Å². The van der Waals surface area contributed by atoms with Crippen LogP contribution in [0, 0.1) is 0 Å². The van der Waals surface area contributed by atoms with Gasteiger partial charge in [0.2, 0.25) is 0 Å². The summed E-state index contributed by atoms with van der Waals surface area (Å²) < 4.78 is 2.22. The Balaban J connectivity index is 1.34. The van der Waals surface area contributed by atoms with Gasteiger partial charge in [-0.05, 0) is 37.7 Å². The first-order valence-electron chi connectivity index (χ1n) is 10.2. The predicted octanol–water partition coefficient (Wildman–Crippen LogP) is 3.16. The van der Waals surface area contributed by atoms with Crippen molar-refractivity contribution in [3.8, 4) is 0 Å². The van der Waals surface area contributed by atoms with Crippen LogP contribution in [0.1, 0.15) is 58.3 Å². The van der Waals surface area contributed by atoms with Gasteiger partial charge in [0.05, 0.1) is 0 Å². The molecule has 6 nitrogen and oxygen atoms in total. The number of fused-ring (bicyclic) bond motifs is 1. The molecular formula is C22H25N5O. The van der Waals surface area contributed by atoms with E-state index in [2.05, 4.69) is 44.0 Å². The molecule has 28 heavy (non-hydrogen) atoms. The van der Waals surface area contributed by atoms with Crippen molar-refractivity contribution in [2.24, 2.45) is 0 Å². The molecular weight excluding hydrogens is 350 g/mol. The Morgan fingerprint density at radius 2 is 2.07 bits per heavy atom. The second-order valence-corrected chi connectivity index (χ2v) is 7.87. The molecule has 1 amide bonds. The molecule has 144 valence electrons. The number of H-pyrrole nitrogens is 1. The van der Waals surface area contributed by atoms with E-state index in [0.29, 0.717) is 12.2 Å². The molecule has 0 unspecified atom stereocenters. The number of carbonyl (C=O) groups is 1. The summed E-state index contributed by atoms with van der Waals surface area (Å²) in [4.78, 5) is 19.8. The first-order valence-corrected chi connectivity index (χ1v) is 10.2. The zero-order chi connectivity index (χ0) is 18.9. The molecule has 1 saturated heterocycles. The molecule has 0 spiro atoms. The van der Waals surface area contributed by atoms with Crippen LogP contribution >= 0.6 is 0 Å². The Labute approximate surface area is 164 Å². The van der Waals surface area contributed by atoms with Crippen molar-refractivity contribution in [2.45, 2.75) is 44.6 Å². The zero-order valence-electron chi connectivity index (χ0n) is 16.0. The van der Waals surface area contributed by atoms with Crippen LogP contribution in [-0.2, 0) is 19.4 Å². The number of hydrogen-bond acceptors (Lipinski definition) is 3. The Bertz CT molecular complexity index is 974. The molecule has 0 radical (unpaired) electrons. The topological polar surface area (TPSA) is 66.8 Å². The molecule has 1 aromatic carbocycles. The number of carbonyl (C=O) groups excluding carboxylic acids is 1. The summed E-state index contributed by atoms with van der Waals surface area (Å²) in [6.45, 7) is 2.33. The first-order chi connectivity index (χ1) is 13.8. The molecule has 1 atom stereocenters. The maximum atomic E-state index is 13.1. The van der Waals surface area contributed by atoms with E-state index in [1.54, 1.807) is 0 Å². The largest absolute Gasteiger partial charge is 0.337 e. The van der Waals surface area contributed by atoms with Crippen molar-refractivity contribution < 1.29 is 4.79 Å². The van der Waals surface area contributed by atoms with Crippen molar-refractivity contribution in [1.29, 1.82) is 0 Å². The van der Waals surface area contributed by atoms with Gasteiger partial charge in [-0.15, -0.1) is 0 Å². The van der Waals surface area contributed by atoms with Gasteiger partial charge < -0.3 is 9.47 Å². The highest BCUT2D eigenvalue weighted by Crippen LogP contribution is 2.29. The molecule has 1 fully saturated rings. The molecule has 1 N–H and O–H groups in total. The molecule has 2 aromatic heterocycles. The summed E-state index contributed by atoms with van der Waals surface area (Å²) in [7, 11) is 0. The average Bonchev–Trinajstić information content (AvgIpc) is 3.45. The molecule has 0 saturated carbocycles. The second kappa shape index (κ2) is 7.26. The van der Waals surface area contributed by atoms with E-state index in [-0.39, 0.29) is 11.8 Å². The highest BCUT2D eigenvalue weighted by molar-refractivity contribution is 5.94. The number of likely N-dealkylation sites (tertiary alicyclic amines) is 1. The number of aromatic amines is 1. The van der Waals surface area contributed by atoms with Crippen molar-refractivity contribution in [2.75, 3.05) is 13.1 Å². The summed E-state index contributed by atoms with van der Waals surface area (Å²) in [5.41, 5.74) is 4.19. The number of nitrogens with zero attached hydrogens (tertiary/aromatic N) is 4. The van der Waals surface area contributed by atoms with Gasteiger partial charge in [0.15, 0.2) is 5.69 Å². The second-order valence-electron chi connectivity index (χ2n) is 7.87. The minimum Gasteiger partial charge on any atom is -0.337 e. The fourth-order valence-corrected chi connectivity index (χ4v) is 4.61. The molecule has 5 rings (SSSR count). The van der Waals surface area contributed by atoms with Crippen LogP contribution in [0.25, 0.3) is 0 Å². The Morgan fingerprint density at radius 1 is 1.18 bits per heavy atom. The van der Waals surface area contributed by atoms with E-state index < -0.39 is 0 Å². The lowest BCUT2D eigenvalue weighted by Crippen LogP contribution is -2.40. The molecule has 3 aromatic rings. The van der Waals surface area contributed by atoms with E-state index in [4.69, 9.17) is 0 Å². The highest BCUT2D eigenvalue weighted by atomic mass is 16.2. The highest BCUT2D eigenvalue weighted by Gasteiger charge is 2.31. The monoisotopic (exact) mass is 375 g/mol. The van der Waals surface area contributed by atoms with Gasteiger partial charge in [-0.1, -0.05) is 30.3 Å². The molecule has 2 aliphatic rings. The summed E-state index contributed by atoms with van der Waals surface area (Å²) >= 11 is 0. The van der Waals surface area contributed by atoms with E-state index in [1.165, 1.54) is 5.56 Å². The SMILES string of the molecule is O=C(c1n[nH]c2c1CCC2)N1CCC[C@H](c2nccn2Cc2ccccc2)C1. The fourth-order valence-electron chi connectivity index (χ4n) is 4.61. The van der Waals surface area contributed by atoms with Gasteiger partial charge in [0.1, 0.15) is 5.82 Å². The summed E-state index contributed by atoms with van der Waals surface area (Å²) in [5, 5.41) is 7.40. The minimum absolute atomic E-state index is 0.0743. The number of aryl methyl sites for hydroxylation is 1. The van der Waals surface area contributed by atoms with Gasteiger partial charge in [-0.3, -0.25) is 9.89 Å². The fraction of sp³-hybridized carbons (Fsp3) is 0.409. The van der Waals surface area contributed by atoms with E-state index in [9.17, 15) is 4.79 Å². The minimum atomic E-state index is 0.0743. The maximum absolute atomic E-state index is 13.1. The quantitative estimate of drug-likeness (QED) is 0.762. The number of benzene rings is 1. The van der Waals surface area contributed by atoms with Gasteiger partial charge in [-0.2, -0.15) is 5.10 Å². The first kappa shape index (κ1) is 17.2. The molecule has 1 aliphatic carbocycles. The number of amides is 1. The van der Waals surface area contributed by atoms with Crippen LogP contribution in [0.5, 0.6) is 0 Å². The number of imidazole rings is 1. The van der Waals surface area contributed by atoms with Crippen LogP contribution in [0.2, 0.25) is 0 Å². The van der Waals surface area contributed by atoms with Gasteiger partial charge in [-0.25, -0.2) is 4.98 Å². The van der Waals surface area contributed by atoms with Crippen molar-refractivity contribution >= 4 is 5.91 Å². The molecule has 6 heteroatoms. The Hall–Kier alpha value is -2.89. The number of rotatable bonds is 4. The smallest absolute Gasteiger partial charge is 0.274 e. The number of nitrogens with one attached hydrogen (secondary N) is 1. The summed E-state index contributed by atoms with van der Waals surface area (Å²) in [5.74, 6) is 1.42. The molecule has 1 aliphatic heterocycles. The van der Waals surface area contributed by atoms with Crippen LogP contribution in [0.3, 0.4) is 0 Å². The molecule has 3 heterocycles. The average molecular weight is 375 g/mol. The van der Waals surface area contributed by atoms with Crippen LogP contribution in [0.4, 0.5) is 0 Å². The lowest BCUT2D eigenvalue weighted by molar-refractivity contribution is 0.0696. The van der Waals surface area contributed by atoms with E-state index >= 15 is 0 Å². The predicted molar refractivity (Wildman–Crippen MR) is 106 cm³/mol. The third kappa shape index (κ3) is 3.13. The van der Waals surface area contributed by atoms with E-state index in [0.717, 1.165) is 62.3 Å². The van der Waals surface area contributed by atoms with E-state index in [1.807, 2.05) is 23.4 Å². The number of aromatic nitrogens is 4. The van der Waals surface area contributed by atoms with Crippen LogP contribution in [0.15, 0.2) is 42.7 Å². The van der Waals surface area contributed by atoms with Crippen molar-refractivity contribution in [3.05, 3.63) is 71.1 Å². The summed E-state index contributed by atoms with van der Waals surface area (Å²) in [6.07, 6.45) is 9.07. The normalized spacial score (nSPS) is 19.0. The summed E-state index contributed by atoms with van der Waals surface area (Å²) in [6, 6.07) is 10.4. The third-order valence-corrected chi connectivity index (χ3v) is 6.03. The standard InChI is InChI=1S/C22H25N5O/c28-22(20-18-9-4-10-19(18)24-25-20)27-12-5-8-17(15-27)21-23-11-13-26(21)14-16-6-2-1-3-7-16/h1-3,6-7,11,13,17H,4-5,8-10,12,14-15H2,(H,24,25)/t17-/m0/s1. The maximum Gasteiger partial charge on any atom is 0.274 e. The number of hydrogen-bond donors (Lipinski definition) is 1. The van der Waals surface area contributed by atoms with Crippen molar-refractivity contribution in [1.82, 2.24) is 24.6 Å². The Morgan fingerprint density at radius 3 is 2.96 bits per heavy atom. The lowest BCUT2D eigenvalue weighted by atomic mass is 9.96. The molecule has 0 bridgehead atoms. The lowest BCUT2D eigenvalue weighted by Gasteiger charge is -2.32. The number of piperidine rings is 1.